The smallest absolute Gasteiger partial charge is 0.354 e. The summed E-state index contributed by atoms with van der Waals surface area (Å²) in [5, 5.41) is 9.76. The Bertz CT molecular complexity index is 643. The Morgan fingerprint density at radius 3 is 2.61 bits per heavy atom. The van der Waals surface area contributed by atoms with Gasteiger partial charge in [-0.25, -0.2) is 4.79 Å². The highest BCUT2D eigenvalue weighted by molar-refractivity contribution is 6.42. The molecule has 0 radical (unpaired) electrons. The van der Waals surface area contributed by atoms with E-state index in [4.69, 9.17) is 25.8 Å². The van der Waals surface area contributed by atoms with Crippen LogP contribution in [0.25, 0.3) is 0 Å². The summed E-state index contributed by atoms with van der Waals surface area (Å²) < 4.78 is 15.2. The van der Waals surface area contributed by atoms with E-state index in [1.807, 2.05) is 12.1 Å². The van der Waals surface area contributed by atoms with Gasteiger partial charge in [0.15, 0.2) is 16.5 Å². The molecule has 0 saturated carbocycles. The van der Waals surface area contributed by atoms with Crippen molar-refractivity contribution >= 4 is 17.6 Å². The molecule has 0 saturated heterocycles. The molecule has 0 spiro atoms. The van der Waals surface area contributed by atoms with Crippen molar-refractivity contribution in [1.82, 2.24) is 4.90 Å². The number of aliphatic hydroxyl groups excluding tert-OH is 1. The van der Waals surface area contributed by atoms with Crippen LogP contribution in [0.2, 0.25) is 0 Å². The third-order valence-corrected chi connectivity index (χ3v) is 3.72. The second kappa shape index (κ2) is 7.39. The molecular formula is C16H18ClNO5. The third kappa shape index (κ3) is 3.60. The SMILES string of the molecule is C=CCN(Cc1ccc(OC)c(OC)c1)C1=C(Cl)C(=O)OC1O. The predicted molar refractivity (Wildman–Crippen MR) is 85.1 cm³/mol. The number of benzene rings is 1. The summed E-state index contributed by atoms with van der Waals surface area (Å²) in [5.74, 6) is 0.460. The molecule has 0 aromatic heterocycles. The predicted octanol–water partition coefficient (Wildman–Crippen LogP) is 2.02. The van der Waals surface area contributed by atoms with Crippen molar-refractivity contribution in [2.24, 2.45) is 0 Å². The topological polar surface area (TPSA) is 68.2 Å². The fourth-order valence-electron chi connectivity index (χ4n) is 2.32. The summed E-state index contributed by atoms with van der Waals surface area (Å²) in [6.45, 7) is 4.45. The largest absolute Gasteiger partial charge is 0.493 e. The van der Waals surface area contributed by atoms with Crippen molar-refractivity contribution in [1.29, 1.82) is 0 Å². The van der Waals surface area contributed by atoms with Gasteiger partial charge in [0.05, 0.1) is 14.2 Å². The Hall–Kier alpha value is -2.18. The fourth-order valence-corrected chi connectivity index (χ4v) is 2.58. The number of nitrogens with zero attached hydrogens (tertiary/aromatic N) is 1. The Morgan fingerprint density at radius 1 is 1.39 bits per heavy atom. The van der Waals surface area contributed by atoms with Gasteiger partial charge in [0.1, 0.15) is 5.70 Å². The Morgan fingerprint density at radius 2 is 2.09 bits per heavy atom. The van der Waals surface area contributed by atoms with Gasteiger partial charge in [0.2, 0.25) is 6.29 Å². The molecule has 124 valence electrons. The van der Waals surface area contributed by atoms with Crippen LogP contribution in [-0.2, 0) is 16.1 Å². The maximum Gasteiger partial charge on any atom is 0.354 e. The summed E-state index contributed by atoms with van der Waals surface area (Å²) in [5.41, 5.74) is 1.11. The first-order valence-electron chi connectivity index (χ1n) is 6.87. The van der Waals surface area contributed by atoms with Crippen LogP contribution in [-0.4, -0.2) is 43.0 Å². The first kappa shape index (κ1) is 17.2. The number of carbonyl (C=O) groups excluding carboxylic acids is 1. The van der Waals surface area contributed by atoms with Crippen molar-refractivity contribution < 1.29 is 24.1 Å². The number of carbonyl (C=O) groups is 1. The number of methoxy groups -OCH3 is 2. The summed E-state index contributed by atoms with van der Waals surface area (Å²) in [6.07, 6.45) is 0.267. The van der Waals surface area contributed by atoms with Gasteiger partial charge in [-0.3, -0.25) is 0 Å². The third-order valence-electron chi connectivity index (χ3n) is 3.37. The second-order valence-electron chi connectivity index (χ2n) is 4.82. The van der Waals surface area contributed by atoms with E-state index in [0.717, 1.165) is 5.56 Å². The lowest BCUT2D eigenvalue weighted by atomic mass is 10.1. The fraction of sp³-hybridized carbons (Fsp3) is 0.312. The van der Waals surface area contributed by atoms with Crippen LogP contribution in [0.1, 0.15) is 5.56 Å². The highest BCUT2D eigenvalue weighted by atomic mass is 35.5. The van der Waals surface area contributed by atoms with Gasteiger partial charge in [-0.15, -0.1) is 6.58 Å². The number of rotatable bonds is 7. The number of hydrogen-bond donors (Lipinski definition) is 1. The number of ether oxygens (including phenoxy) is 3. The zero-order valence-electron chi connectivity index (χ0n) is 12.9. The monoisotopic (exact) mass is 339 g/mol. The first-order valence-corrected chi connectivity index (χ1v) is 7.25. The molecule has 7 heteroatoms. The van der Waals surface area contributed by atoms with Crippen molar-refractivity contribution in [3.63, 3.8) is 0 Å². The molecule has 1 heterocycles. The van der Waals surface area contributed by atoms with E-state index < -0.39 is 12.3 Å². The van der Waals surface area contributed by atoms with Crippen LogP contribution >= 0.6 is 11.6 Å². The average Bonchev–Trinajstić information content (AvgIpc) is 2.79. The minimum absolute atomic E-state index is 0.125. The average molecular weight is 340 g/mol. The van der Waals surface area contributed by atoms with Crippen molar-refractivity contribution in [2.75, 3.05) is 20.8 Å². The minimum Gasteiger partial charge on any atom is -0.493 e. The van der Waals surface area contributed by atoms with E-state index >= 15 is 0 Å². The number of hydrogen-bond acceptors (Lipinski definition) is 6. The van der Waals surface area contributed by atoms with E-state index in [2.05, 4.69) is 6.58 Å². The van der Waals surface area contributed by atoms with E-state index in [1.54, 1.807) is 31.3 Å². The normalized spacial score (nSPS) is 17.0. The zero-order valence-corrected chi connectivity index (χ0v) is 13.7. The molecule has 0 aliphatic carbocycles. The Labute approximate surface area is 139 Å². The number of esters is 1. The lowest BCUT2D eigenvalue weighted by molar-refractivity contribution is -0.152. The minimum atomic E-state index is -1.38. The molecule has 1 atom stereocenters. The molecule has 1 N–H and O–H groups in total. The van der Waals surface area contributed by atoms with Gasteiger partial charge in [0, 0.05) is 13.1 Å². The van der Waals surface area contributed by atoms with Gasteiger partial charge in [-0.05, 0) is 17.7 Å². The molecule has 1 aliphatic rings. The van der Waals surface area contributed by atoms with Crippen LogP contribution in [0, 0.1) is 0 Å². The van der Waals surface area contributed by atoms with E-state index in [9.17, 15) is 9.90 Å². The molecule has 1 unspecified atom stereocenters. The zero-order chi connectivity index (χ0) is 17.0. The van der Waals surface area contributed by atoms with E-state index in [0.29, 0.717) is 24.6 Å². The maximum absolute atomic E-state index is 11.5. The lowest BCUT2D eigenvalue weighted by Crippen LogP contribution is -2.29. The molecule has 2 rings (SSSR count). The molecule has 6 nitrogen and oxygen atoms in total. The highest BCUT2D eigenvalue weighted by Crippen LogP contribution is 2.31. The molecule has 0 fully saturated rings. The second-order valence-corrected chi connectivity index (χ2v) is 5.19. The molecule has 0 amide bonds. The molecular weight excluding hydrogens is 322 g/mol. The Kier molecular flexibility index (Phi) is 5.52. The van der Waals surface area contributed by atoms with Crippen molar-refractivity contribution in [3.05, 3.63) is 47.1 Å². The number of aliphatic hydroxyl groups is 1. The standard InChI is InChI=1S/C16H18ClNO5/c1-4-7-18(14-13(17)15(19)23-16(14)20)9-10-5-6-11(21-2)12(8-10)22-3/h4-6,8,16,20H,1,7,9H2,2-3H3. The summed E-state index contributed by atoms with van der Waals surface area (Å²) in [7, 11) is 3.11. The van der Waals surface area contributed by atoms with Crippen LogP contribution in [0.15, 0.2) is 41.6 Å². The van der Waals surface area contributed by atoms with Crippen LogP contribution < -0.4 is 9.47 Å². The summed E-state index contributed by atoms with van der Waals surface area (Å²) in [6, 6.07) is 5.45. The highest BCUT2D eigenvalue weighted by Gasteiger charge is 2.35. The van der Waals surface area contributed by atoms with Gasteiger partial charge in [-0.2, -0.15) is 0 Å². The number of halogens is 1. The molecule has 1 aliphatic heterocycles. The quantitative estimate of drug-likeness (QED) is 0.605. The van der Waals surface area contributed by atoms with Gasteiger partial charge >= 0.3 is 5.97 Å². The maximum atomic E-state index is 11.5. The molecule has 1 aromatic rings. The molecule has 23 heavy (non-hydrogen) atoms. The number of cyclic esters (lactones) is 1. The Balaban J connectivity index is 2.30. The van der Waals surface area contributed by atoms with Gasteiger partial charge in [-0.1, -0.05) is 23.7 Å². The van der Waals surface area contributed by atoms with Crippen LogP contribution in [0.5, 0.6) is 11.5 Å². The lowest BCUT2D eigenvalue weighted by Gasteiger charge is -2.26. The first-order chi connectivity index (χ1) is 11.0. The molecule has 1 aromatic carbocycles. The molecule has 0 bridgehead atoms. The van der Waals surface area contributed by atoms with Crippen LogP contribution in [0.3, 0.4) is 0 Å². The van der Waals surface area contributed by atoms with Crippen LogP contribution in [0.4, 0.5) is 0 Å². The van der Waals surface area contributed by atoms with E-state index in [-0.39, 0.29) is 10.7 Å². The van der Waals surface area contributed by atoms with Crippen molar-refractivity contribution in [3.8, 4) is 11.5 Å². The van der Waals surface area contributed by atoms with Gasteiger partial charge < -0.3 is 24.2 Å². The summed E-state index contributed by atoms with van der Waals surface area (Å²) in [4.78, 5) is 13.2. The van der Waals surface area contributed by atoms with Crippen molar-refractivity contribution in [2.45, 2.75) is 12.8 Å². The van der Waals surface area contributed by atoms with Gasteiger partial charge in [0.25, 0.3) is 0 Å². The summed E-state index contributed by atoms with van der Waals surface area (Å²) >= 11 is 5.95. The van der Waals surface area contributed by atoms with E-state index in [1.165, 1.54) is 0 Å².